The van der Waals surface area contributed by atoms with Crippen LogP contribution in [0, 0.1) is 5.92 Å². The Hall–Kier alpha value is -0.530. The second-order valence-electron chi connectivity index (χ2n) is 5.03. The van der Waals surface area contributed by atoms with E-state index in [0.717, 1.165) is 10.6 Å². The van der Waals surface area contributed by atoms with Crippen molar-refractivity contribution in [1.29, 1.82) is 0 Å². The molecule has 1 atom stereocenters. The number of rotatable bonds is 4. The minimum Gasteiger partial charge on any atom is -0.393 e. The fourth-order valence-corrected chi connectivity index (χ4v) is 2.06. The van der Waals surface area contributed by atoms with Gasteiger partial charge in [0.2, 0.25) is 0 Å². The normalized spacial score (nSPS) is 13.5. The van der Waals surface area contributed by atoms with Crippen LogP contribution in [0.4, 0.5) is 0 Å². The van der Waals surface area contributed by atoms with E-state index in [4.69, 9.17) is 11.6 Å². The second kappa shape index (κ2) is 5.70. The molecule has 90 valence electrons. The van der Waals surface area contributed by atoms with E-state index < -0.39 is 0 Å². The van der Waals surface area contributed by atoms with Crippen molar-refractivity contribution in [2.24, 2.45) is 5.92 Å². The van der Waals surface area contributed by atoms with Crippen molar-refractivity contribution in [2.75, 3.05) is 0 Å². The van der Waals surface area contributed by atoms with Crippen molar-refractivity contribution < 1.29 is 5.11 Å². The summed E-state index contributed by atoms with van der Waals surface area (Å²) in [5.74, 6) is 0.722. The summed E-state index contributed by atoms with van der Waals surface area (Å²) in [6.45, 7) is 8.30. The number of benzene rings is 1. The summed E-state index contributed by atoms with van der Waals surface area (Å²) in [6, 6.07) is 6.10. The maximum Gasteiger partial charge on any atom is 0.0603 e. The molecular formula is C14H21ClO. The standard InChI is InChI=1S/C14H21ClO/c1-9(2)12-6-5-11(7-13(12)15)8-14(16)10(3)4/h5-7,9-10,14,16H,8H2,1-4H3. The molecule has 1 aromatic rings. The maximum absolute atomic E-state index is 9.81. The predicted octanol–water partition coefficient (Wildman–Crippen LogP) is 4.02. The highest BCUT2D eigenvalue weighted by atomic mass is 35.5. The number of aliphatic hydroxyl groups is 1. The maximum atomic E-state index is 9.81. The zero-order chi connectivity index (χ0) is 12.3. The third-order valence-electron chi connectivity index (χ3n) is 2.90. The van der Waals surface area contributed by atoms with Gasteiger partial charge in [0, 0.05) is 5.02 Å². The van der Waals surface area contributed by atoms with Gasteiger partial charge in [0.1, 0.15) is 0 Å². The summed E-state index contributed by atoms with van der Waals surface area (Å²) in [7, 11) is 0. The molecule has 0 spiro atoms. The van der Waals surface area contributed by atoms with Crippen LogP contribution in [0.25, 0.3) is 0 Å². The molecule has 0 heterocycles. The lowest BCUT2D eigenvalue weighted by atomic mass is 9.96. The zero-order valence-corrected chi connectivity index (χ0v) is 11.3. The lowest BCUT2D eigenvalue weighted by Crippen LogP contribution is -2.17. The largest absolute Gasteiger partial charge is 0.393 e. The van der Waals surface area contributed by atoms with E-state index in [1.54, 1.807) is 0 Å². The first-order valence-corrected chi connectivity index (χ1v) is 6.26. The second-order valence-corrected chi connectivity index (χ2v) is 5.43. The first-order chi connectivity index (χ1) is 7.41. The lowest BCUT2D eigenvalue weighted by molar-refractivity contribution is 0.126. The summed E-state index contributed by atoms with van der Waals surface area (Å²) in [6.07, 6.45) is 0.386. The van der Waals surface area contributed by atoms with Crippen LogP contribution in [-0.4, -0.2) is 11.2 Å². The molecule has 0 fully saturated rings. The smallest absolute Gasteiger partial charge is 0.0603 e. The van der Waals surface area contributed by atoms with Crippen molar-refractivity contribution in [3.63, 3.8) is 0 Å². The first kappa shape index (κ1) is 13.5. The number of hydrogen-bond acceptors (Lipinski definition) is 1. The summed E-state index contributed by atoms with van der Waals surface area (Å²) in [5, 5.41) is 10.6. The Morgan fingerprint density at radius 2 is 1.81 bits per heavy atom. The molecular weight excluding hydrogens is 220 g/mol. The topological polar surface area (TPSA) is 20.2 Å². The van der Waals surface area contributed by atoms with Gasteiger partial charge in [-0.3, -0.25) is 0 Å². The van der Waals surface area contributed by atoms with Crippen LogP contribution in [0.2, 0.25) is 5.02 Å². The Labute approximate surface area is 103 Å². The van der Waals surface area contributed by atoms with Crippen molar-refractivity contribution >= 4 is 11.6 Å². The fraction of sp³-hybridized carbons (Fsp3) is 0.571. The molecule has 0 aliphatic carbocycles. The highest BCUT2D eigenvalue weighted by molar-refractivity contribution is 6.31. The van der Waals surface area contributed by atoms with Gasteiger partial charge in [-0.1, -0.05) is 51.4 Å². The minimum absolute atomic E-state index is 0.281. The molecule has 0 amide bonds. The summed E-state index contributed by atoms with van der Waals surface area (Å²) in [5.41, 5.74) is 2.28. The molecule has 0 radical (unpaired) electrons. The third kappa shape index (κ3) is 3.50. The Morgan fingerprint density at radius 3 is 2.25 bits per heavy atom. The molecule has 1 unspecified atom stereocenters. The molecule has 0 aliphatic rings. The van der Waals surface area contributed by atoms with Gasteiger partial charge in [-0.05, 0) is 35.4 Å². The van der Waals surface area contributed by atoms with Crippen molar-refractivity contribution in [3.05, 3.63) is 34.3 Å². The van der Waals surface area contributed by atoms with Crippen LogP contribution in [-0.2, 0) is 6.42 Å². The monoisotopic (exact) mass is 240 g/mol. The van der Waals surface area contributed by atoms with E-state index in [1.807, 2.05) is 19.9 Å². The average Bonchev–Trinajstić information content (AvgIpc) is 2.16. The SMILES string of the molecule is CC(C)c1ccc(CC(O)C(C)C)cc1Cl. The molecule has 16 heavy (non-hydrogen) atoms. The molecule has 2 heteroatoms. The van der Waals surface area contributed by atoms with Crippen molar-refractivity contribution in [2.45, 2.75) is 46.1 Å². The van der Waals surface area contributed by atoms with E-state index in [1.165, 1.54) is 5.56 Å². The van der Waals surface area contributed by atoms with Gasteiger partial charge in [0.15, 0.2) is 0 Å². The highest BCUT2D eigenvalue weighted by Gasteiger charge is 2.11. The molecule has 1 rings (SSSR count). The fourth-order valence-electron chi connectivity index (χ4n) is 1.64. The summed E-state index contributed by atoms with van der Waals surface area (Å²) >= 11 is 6.21. The highest BCUT2D eigenvalue weighted by Crippen LogP contribution is 2.26. The van der Waals surface area contributed by atoms with Crippen LogP contribution >= 0.6 is 11.6 Å². The van der Waals surface area contributed by atoms with Gasteiger partial charge in [0.25, 0.3) is 0 Å². The van der Waals surface area contributed by atoms with Crippen LogP contribution in [0.3, 0.4) is 0 Å². The van der Waals surface area contributed by atoms with Gasteiger partial charge >= 0.3 is 0 Å². The van der Waals surface area contributed by atoms with Gasteiger partial charge in [-0.25, -0.2) is 0 Å². The van der Waals surface area contributed by atoms with E-state index in [-0.39, 0.29) is 12.0 Å². The minimum atomic E-state index is -0.291. The Bertz CT molecular complexity index is 345. The van der Waals surface area contributed by atoms with Crippen LogP contribution in [0.15, 0.2) is 18.2 Å². The number of hydrogen-bond donors (Lipinski definition) is 1. The van der Waals surface area contributed by atoms with E-state index in [2.05, 4.69) is 26.0 Å². The molecule has 0 bridgehead atoms. The van der Waals surface area contributed by atoms with E-state index in [9.17, 15) is 5.11 Å². The van der Waals surface area contributed by atoms with E-state index >= 15 is 0 Å². The van der Waals surface area contributed by atoms with Gasteiger partial charge in [0.05, 0.1) is 6.10 Å². The molecule has 1 nitrogen and oxygen atoms in total. The van der Waals surface area contributed by atoms with E-state index in [0.29, 0.717) is 12.3 Å². The molecule has 0 aromatic heterocycles. The first-order valence-electron chi connectivity index (χ1n) is 5.88. The van der Waals surface area contributed by atoms with Crippen LogP contribution in [0.1, 0.15) is 44.7 Å². The predicted molar refractivity (Wildman–Crippen MR) is 70.1 cm³/mol. The van der Waals surface area contributed by atoms with Gasteiger partial charge < -0.3 is 5.11 Å². The van der Waals surface area contributed by atoms with Crippen molar-refractivity contribution in [1.82, 2.24) is 0 Å². The summed E-state index contributed by atoms with van der Waals surface area (Å²) in [4.78, 5) is 0. The Kier molecular flexibility index (Phi) is 4.82. The van der Waals surface area contributed by atoms with Crippen LogP contribution < -0.4 is 0 Å². The average molecular weight is 241 g/mol. The quantitative estimate of drug-likeness (QED) is 0.843. The molecule has 1 N–H and O–H groups in total. The summed E-state index contributed by atoms with van der Waals surface area (Å²) < 4.78 is 0. The number of halogens is 1. The number of aliphatic hydroxyl groups excluding tert-OH is 1. The molecule has 0 saturated heterocycles. The zero-order valence-electron chi connectivity index (χ0n) is 10.5. The van der Waals surface area contributed by atoms with Crippen molar-refractivity contribution in [3.8, 4) is 0 Å². The molecule has 1 aromatic carbocycles. The van der Waals surface area contributed by atoms with Gasteiger partial charge in [-0.2, -0.15) is 0 Å². The molecule has 0 saturated carbocycles. The Balaban J connectivity index is 2.81. The molecule has 0 aliphatic heterocycles. The third-order valence-corrected chi connectivity index (χ3v) is 3.23. The van der Waals surface area contributed by atoms with Crippen LogP contribution in [0.5, 0.6) is 0 Å². The Morgan fingerprint density at radius 1 is 1.19 bits per heavy atom. The van der Waals surface area contributed by atoms with Gasteiger partial charge in [-0.15, -0.1) is 0 Å². The lowest BCUT2D eigenvalue weighted by Gasteiger charge is -2.15.